The maximum atomic E-state index is 13.0. The Balaban J connectivity index is 1.63. The highest BCUT2D eigenvalue weighted by Crippen LogP contribution is 2.38. The highest BCUT2D eigenvalue weighted by molar-refractivity contribution is 7.13. The number of benzene rings is 2. The van der Waals surface area contributed by atoms with E-state index >= 15 is 0 Å². The van der Waals surface area contributed by atoms with E-state index in [4.69, 9.17) is 0 Å². The van der Waals surface area contributed by atoms with Gasteiger partial charge in [0.1, 0.15) is 0 Å². The Hall–Kier alpha value is -2.92. The average molecular weight is 405 g/mol. The van der Waals surface area contributed by atoms with Gasteiger partial charge in [-0.05, 0) is 47.5 Å². The van der Waals surface area contributed by atoms with E-state index in [0.717, 1.165) is 5.56 Å². The van der Waals surface area contributed by atoms with Crippen molar-refractivity contribution in [1.82, 2.24) is 10.2 Å². The van der Waals surface area contributed by atoms with Crippen LogP contribution in [0.4, 0.5) is 0 Å². The second kappa shape index (κ2) is 8.21. The Morgan fingerprint density at radius 1 is 1.03 bits per heavy atom. The molecule has 4 rings (SSSR count). The molecular weight excluding hydrogens is 380 g/mol. The number of nitrogens with one attached hydrogen (secondary N) is 1. The minimum Gasteiger partial charge on any atom is -0.359 e. The van der Waals surface area contributed by atoms with Gasteiger partial charge in [-0.1, -0.05) is 48.5 Å². The molecule has 2 heterocycles. The first-order chi connectivity index (χ1) is 14.1. The number of carbonyl (C=O) groups excluding carboxylic acids is 2. The predicted octanol–water partition coefficient (Wildman–Crippen LogP) is 4.24. The largest absolute Gasteiger partial charge is 0.359 e. The molecule has 0 spiro atoms. The molecule has 0 bridgehead atoms. The zero-order chi connectivity index (χ0) is 20.3. The van der Waals surface area contributed by atoms with Gasteiger partial charge >= 0.3 is 0 Å². The van der Waals surface area contributed by atoms with Gasteiger partial charge in [-0.2, -0.15) is 0 Å². The van der Waals surface area contributed by atoms with Crippen LogP contribution >= 0.6 is 11.3 Å². The molecule has 0 radical (unpaired) electrons. The predicted molar refractivity (Wildman–Crippen MR) is 117 cm³/mol. The van der Waals surface area contributed by atoms with Crippen molar-refractivity contribution in [3.05, 3.63) is 83.2 Å². The van der Waals surface area contributed by atoms with Crippen LogP contribution in [0.1, 0.15) is 22.3 Å². The van der Waals surface area contributed by atoms with Crippen molar-refractivity contribution in [2.24, 2.45) is 5.41 Å². The number of likely N-dealkylation sites (tertiary alicyclic amines) is 1. The van der Waals surface area contributed by atoms with Gasteiger partial charge in [0.05, 0.1) is 5.41 Å². The average Bonchev–Trinajstić information content (AvgIpc) is 3.45. The molecule has 1 N–H and O–H groups in total. The van der Waals surface area contributed by atoms with Gasteiger partial charge in [0.25, 0.3) is 5.91 Å². The van der Waals surface area contributed by atoms with E-state index in [2.05, 4.69) is 28.9 Å². The Morgan fingerprint density at radius 2 is 1.79 bits per heavy atom. The third kappa shape index (κ3) is 3.83. The lowest BCUT2D eigenvalue weighted by atomic mass is 9.78. The Bertz CT molecular complexity index is 1000. The van der Waals surface area contributed by atoms with Crippen molar-refractivity contribution < 1.29 is 9.59 Å². The summed E-state index contributed by atoms with van der Waals surface area (Å²) >= 11 is 1.70. The summed E-state index contributed by atoms with van der Waals surface area (Å²) in [6.45, 7) is 1.02. The highest BCUT2D eigenvalue weighted by atomic mass is 32.1. The summed E-state index contributed by atoms with van der Waals surface area (Å²) in [4.78, 5) is 29.0. The van der Waals surface area contributed by atoms with Gasteiger partial charge in [0.15, 0.2) is 0 Å². The molecule has 1 aliphatic rings. The molecule has 1 atom stereocenters. The summed E-state index contributed by atoms with van der Waals surface area (Å²) < 4.78 is 0. The van der Waals surface area contributed by atoms with Crippen LogP contribution in [-0.2, 0) is 11.2 Å². The summed E-state index contributed by atoms with van der Waals surface area (Å²) in [6, 6.07) is 21.7. The molecule has 5 heteroatoms. The quantitative estimate of drug-likeness (QED) is 0.692. The van der Waals surface area contributed by atoms with Crippen molar-refractivity contribution in [2.75, 3.05) is 20.1 Å². The van der Waals surface area contributed by atoms with Gasteiger partial charge < -0.3 is 10.2 Å². The van der Waals surface area contributed by atoms with Crippen molar-refractivity contribution >= 4 is 23.2 Å². The fourth-order valence-corrected chi connectivity index (χ4v) is 4.98. The van der Waals surface area contributed by atoms with Crippen molar-refractivity contribution in [2.45, 2.75) is 12.8 Å². The molecule has 1 aliphatic heterocycles. The van der Waals surface area contributed by atoms with E-state index < -0.39 is 5.41 Å². The molecule has 4 nitrogen and oxygen atoms in total. The van der Waals surface area contributed by atoms with Gasteiger partial charge in [-0.25, -0.2) is 0 Å². The minimum absolute atomic E-state index is 0.00171. The van der Waals surface area contributed by atoms with Crippen LogP contribution in [0.3, 0.4) is 0 Å². The van der Waals surface area contributed by atoms with Gasteiger partial charge in [0.2, 0.25) is 5.91 Å². The number of amides is 2. The third-order valence-electron chi connectivity index (χ3n) is 5.70. The highest BCUT2D eigenvalue weighted by Gasteiger charge is 2.46. The van der Waals surface area contributed by atoms with E-state index in [9.17, 15) is 9.59 Å². The first-order valence-corrected chi connectivity index (χ1v) is 10.7. The number of hydrogen-bond donors (Lipinski definition) is 1. The smallest absolute Gasteiger partial charge is 0.253 e. The number of nitrogens with zero attached hydrogens (tertiary/aromatic N) is 1. The minimum atomic E-state index is -0.618. The third-order valence-corrected chi connectivity index (χ3v) is 6.61. The summed E-state index contributed by atoms with van der Waals surface area (Å²) in [5, 5.41) is 4.91. The normalized spacial score (nSPS) is 18.6. The monoisotopic (exact) mass is 404 g/mol. The first kappa shape index (κ1) is 19.4. The summed E-state index contributed by atoms with van der Waals surface area (Å²) in [6.07, 6.45) is 1.27. The van der Waals surface area contributed by atoms with Crippen molar-refractivity contribution in [3.8, 4) is 10.4 Å². The standard InChI is InChI=1S/C24H24N2O2S/c1-25-23(28)24(13-14-26(17-24)22(27)18-8-3-2-4-9-18)16-19-10-5-6-11-20(19)21-12-7-15-29-21/h2-12,15H,13-14,16-17H2,1H3,(H,25,28)/t24-/m1/s1. The van der Waals surface area contributed by atoms with Crippen LogP contribution in [0.2, 0.25) is 0 Å². The van der Waals surface area contributed by atoms with Gasteiger partial charge in [0, 0.05) is 30.6 Å². The molecule has 2 amide bonds. The Labute approximate surface area is 175 Å². The number of thiophene rings is 1. The summed E-state index contributed by atoms with van der Waals surface area (Å²) in [5.41, 5.74) is 2.36. The van der Waals surface area contributed by atoms with E-state index in [1.165, 1.54) is 10.4 Å². The maximum absolute atomic E-state index is 13.0. The van der Waals surface area contributed by atoms with Crippen LogP contribution in [0.5, 0.6) is 0 Å². The van der Waals surface area contributed by atoms with Crippen LogP contribution in [0.25, 0.3) is 10.4 Å². The lowest BCUT2D eigenvalue weighted by Gasteiger charge is -2.28. The van der Waals surface area contributed by atoms with Gasteiger partial charge in [-0.3, -0.25) is 9.59 Å². The van der Waals surface area contributed by atoms with E-state index in [1.54, 1.807) is 18.4 Å². The molecule has 2 aromatic carbocycles. The van der Waals surface area contributed by atoms with Gasteiger partial charge in [-0.15, -0.1) is 11.3 Å². The second-order valence-corrected chi connectivity index (χ2v) is 8.46. The number of hydrogen-bond acceptors (Lipinski definition) is 3. The number of carbonyl (C=O) groups is 2. The van der Waals surface area contributed by atoms with Crippen molar-refractivity contribution in [1.29, 1.82) is 0 Å². The first-order valence-electron chi connectivity index (χ1n) is 9.81. The van der Waals surface area contributed by atoms with Crippen molar-refractivity contribution in [3.63, 3.8) is 0 Å². The topological polar surface area (TPSA) is 49.4 Å². The Morgan fingerprint density at radius 3 is 2.52 bits per heavy atom. The zero-order valence-corrected chi connectivity index (χ0v) is 17.2. The molecule has 0 unspecified atom stereocenters. The molecule has 3 aromatic rings. The Kier molecular flexibility index (Phi) is 5.49. The van der Waals surface area contributed by atoms with Crippen LogP contribution in [-0.4, -0.2) is 36.9 Å². The lowest BCUT2D eigenvalue weighted by Crippen LogP contribution is -2.44. The molecular formula is C24H24N2O2S. The number of rotatable bonds is 5. The van der Waals surface area contributed by atoms with Crippen LogP contribution in [0.15, 0.2) is 72.1 Å². The molecule has 148 valence electrons. The van der Waals surface area contributed by atoms with E-state index in [0.29, 0.717) is 31.5 Å². The fourth-order valence-electron chi connectivity index (χ4n) is 4.20. The molecule has 0 saturated carbocycles. The molecule has 0 aliphatic carbocycles. The SMILES string of the molecule is CNC(=O)[C@@]1(Cc2ccccc2-c2cccs2)CCN(C(=O)c2ccccc2)C1. The molecule has 1 fully saturated rings. The second-order valence-electron chi connectivity index (χ2n) is 7.51. The summed E-state index contributed by atoms with van der Waals surface area (Å²) in [5.74, 6) is -0.00948. The molecule has 1 aromatic heterocycles. The van der Waals surface area contributed by atoms with Crippen LogP contribution < -0.4 is 5.32 Å². The molecule has 29 heavy (non-hydrogen) atoms. The summed E-state index contributed by atoms with van der Waals surface area (Å²) in [7, 11) is 1.68. The molecule has 1 saturated heterocycles. The van der Waals surface area contributed by atoms with E-state index in [-0.39, 0.29) is 11.8 Å². The zero-order valence-electron chi connectivity index (χ0n) is 16.4. The fraction of sp³-hybridized carbons (Fsp3) is 0.250. The maximum Gasteiger partial charge on any atom is 0.253 e. The lowest BCUT2D eigenvalue weighted by molar-refractivity contribution is -0.129. The van der Waals surface area contributed by atoms with E-state index in [1.807, 2.05) is 53.4 Å². The van der Waals surface area contributed by atoms with Crippen LogP contribution in [0, 0.1) is 5.41 Å².